The monoisotopic (exact) mass is 540 g/mol. The number of carbonyl (C=O) groups excluding carboxylic acids is 1. The summed E-state index contributed by atoms with van der Waals surface area (Å²) in [5.41, 5.74) is 1.68. The molecular weight excluding hydrogens is 523 g/mol. The van der Waals surface area contributed by atoms with Crippen LogP contribution in [-0.4, -0.2) is 22.6 Å². The van der Waals surface area contributed by atoms with Crippen molar-refractivity contribution in [3.8, 4) is 18.1 Å². The van der Waals surface area contributed by atoms with Gasteiger partial charge in [-0.1, -0.05) is 30.2 Å². The molecule has 0 unspecified atom stereocenters. The summed E-state index contributed by atoms with van der Waals surface area (Å²) in [7, 11) is 0. The van der Waals surface area contributed by atoms with Crippen molar-refractivity contribution in [1.82, 2.24) is 4.90 Å². The van der Waals surface area contributed by atoms with Crippen LogP contribution in [0.3, 0.4) is 0 Å². The van der Waals surface area contributed by atoms with Crippen molar-refractivity contribution in [3.05, 3.63) is 86.7 Å². The molecule has 4 rings (SSSR count). The fourth-order valence-corrected chi connectivity index (χ4v) is 4.59. The van der Waals surface area contributed by atoms with E-state index in [0.29, 0.717) is 22.4 Å². The highest BCUT2D eigenvalue weighted by Crippen LogP contribution is 2.35. The average molecular weight is 540 g/mol. The molecular formula is C24H17IN2O3S. The van der Waals surface area contributed by atoms with Crippen molar-refractivity contribution in [2.24, 2.45) is 4.99 Å². The maximum atomic E-state index is 13.2. The molecule has 2 heterocycles. The van der Waals surface area contributed by atoms with Crippen LogP contribution in [0.2, 0.25) is 0 Å². The van der Waals surface area contributed by atoms with Crippen molar-refractivity contribution in [2.75, 3.05) is 6.61 Å². The zero-order valence-corrected chi connectivity index (χ0v) is 19.3. The summed E-state index contributed by atoms with van der Waals surface area (Å²) in [4.78, 5) is 20.1. The van der Waals surface area contributed by atoms with Gasteiger partial charge >= 0.3 is 0 Å². The Balaban J connectivity index is 1.64. The molecule has 1 saturated heterocycles. The minimum atomic E-state index is -0.112. The highest BCUT2D eigenvalue weighted by atomic mass is 127. The van der Waals surface area contributed by atoms with Gasteiger partial charge in [0.15, 0.2) is 5.17 Å². The van der Waals surface area contributed by atoms with E-state index < -0.39 is 0 Å². The standard InChI is InChI=1S/C24H17IN2O3S/c1-2-12-30-21-11-10-17(14-20(21)25)15-22-23(28)27(16-19-9-6-13-29-19)24(31-22)26-18-7-4-3-5-8-18/h1,3-11,13-15H,12,16H2/b22-15-,26-24?. The van der Waals surface area contributed by atoms with Crippen LogP contribution in [0, 0.1) is 15.9 Å². The van der Waals surface area contributed by atoms with Crippen LogP contribution in [-0.2, 0) is 11.3 Å². The number of hydrogen-bond donors (Lipinski definition) is 0. The first-order chi connectivity index (χ1) is 15.1. The number of hydrogen-bond acceptors (Lipinski definition) is 5. The number of halogens is 1. The van der Waals surface area contributed by atoms with Crippen molar-refractivity contribution in [1.29, 1.82) is 0 Å². The fraction of sp³-hybridized carbons (Fsp3) is 0.0833. The molecule has 0 aliphatic carbocycles. The summed E-state index contributed by atoms with van der Waals surface area (Å²) < 4.78 is 11.9. The molecule has 2 aromatic carbocycles. The quantitative estimate of drug-likeness (QED) is 0.229. The maximum Gasteiger partial charge on any atom is 0.267 e. The number of furan rings is 1. The van der Waals surface area contributed by atoms with Crippen LogP contribution in [0.1, 0.15) is 11.3 Å². The zero-order chi connectivity index (χ0) is 21.6. The lowest BCUT2D eigenvalue weighted by atomic mass is 10.2. The first-order valence-electron chi connectivity index (χ1n) is 9.37. The zero-order valence-electron chi connectivity index (χ0n) is 16.3. The van der Waals surface area contributed by atoms with Gasteiger partial charge in [0, 0.05) is 0 Å². The molecule has 1 amide bonds. The molecule has 3 aromatic rings. The summed E-state index contributed by atoms with van der Waals surface area (Å²) in [6.07, 6.45) is 8.72. The lowest BCUT2D eigenvalue weighted by Gasteiger charge is -2.13. The van der Waals surface area contributed by atoms with Gasteiger partial charge in [-0.05, 0) is 82.4 Å². The van der Waals surface area contributed by atoms with Crippen LogP contribution in [0.4, 0.5) is 5.69 Å². The maximum absolute atomic E-state index is 13.2. The van der Waals surface area contributed by atoms with Gasteiger partial charge < -0.3 is 9.15 Å². The van der Waals surface area contributed by atoms with Crippen molar-refractivity contribution < 1.29 is 13.9 Å². The molecule has 0 atom stereocenters. The topological polar surface area (TPSA) is 55.0 Å². The van der Waals surface area contributed by atoms with Gasteiger partial charge in [-0.3, -0.25) is 9.69 Å². The number of terminal acetylenes is 1. The smallest absolute Gasteiger partial charge is 0.267 e. The second-order valence-electron chi connectivity index (χ2n) is 6.49. The summed E-state index contributed by atoms with van der Waals surface area (Å²) in [5, 5.41) is 0.613. The minimum absolute atomic E-state index is 0.112. The van der Waals surface area contributed by atoms with E-state index in [1.807, 2.05) is 60.7 Å². The van der Waals surface area contributed by atoms with Gasteiger partial charge in [-0.15, -0.1) is 6.42 Å². The number of amidine groups is 1. The Morgan fingerprint density at radius 3 is 2.74 bits per heavy atom. The number of carbonyl (C=O) groups is 1. The number of aliphatic imine (C=N–C) groups is 1. The van der Waals surface area contributed by atoms with Gasteiger partial charge in [0.1, 0.15) is 18.1 Å². The van der Waals surface area contributed by atoms with Crippen LogP contribution in [0.15, 0.2) is 81.2 Å². The van der Waals surface area contributed by atoms with E-state index in [0.717, 1.165) is 20.6 Å². The number of benzene rings is 2. The van der Waals surface area contributed by atoms with Crippen LogP contribution in [0.25, 0.3) is 6.08 Å². The van der Waals surface area contributed by atoms with Crippen molar-refractivity contribution in [3.63, 3.8) is 0 Å². The Morgan fingerprint density at radius 2 is 2.03 bits per heavy atom. The van der Waals surface area contributed by atoms with E-state index in [1.54, 1.807) is 17.2 Å². The normalized spacial score (nSPS) is 16.1. The Morgan fingerprint density at radius 1 is 1.19 bits per heavy atom. The molecule has 5 nitrogen and oxygen atoms in total. The van der Waals surface area contributed by atoms with Crippen LogP contribution < -0.4 is 4.74 Å². The second-order valence-corrected chi connectivity index (χ2v) is 8.67. The molecule has 31 heavy (non-hydrogen) atoms. The number of thioether (sulfide) groups is 1. The number of para-hydroxylation sites is 1. The molecule has 1 aromatic heterocycles. The highest BCUT2D eigenvalue weighted by Gasteiger charge is 2.34. The largest absolute Gasteiger partial charge is 0.480 e. The summed E-state index contributed by atoms with van der Waals surface area (Å²) in [6, 6.07) is 18.9. The van der Waals surface area contributed by atoms with E-state index in [-0.39, 0.29) is 12.5 Å². The summed E-state index contributed by atoms with van der Waals surface area (Å²) in [6.45, 7) is 0.532. The molecule has 0 bridgehead atoms. The average Bonchev–Trinajstić information content (AvgIpc) is 3.38. The third-order valence-electron chi connectivity index (χ3n) is 4.33. The minimum Gasteiger partial charge on any atom is -0.480 e. The number of nitrogens with zero attached hydrogens (tertiary/aromatic N) is 2. The van der Waals surface area contributed by atoms with Gasteiger partial charge in [-0.2, -0.15) is 0 Å². The Hall–Kier alpha value is -2.96. The first kappa shape index (κ1) is 21.3. The van der Waals surface area contributed by atoms with Crippen molar-refractivity contribution >= 4 is 57.2 Å². The van der Waals surface area contributed by atoms with E-state index >= 15 is 0 Å². The second kappa shape index (κ2) is 9.90. The molecule has 1 aliphatic heterocycles. The van der Waals surface area contributed by atoms with Crippen LogP contribution >= 0.6 is 34.4 Å². The molecule has 7 heteroatoms. The predicted octanol–water partition coefficient (Wildman–Crippen LogP) is 5.70. The molecule has 1 fully saturated rings. The molecule has 0 spiro atoms. The SMILES string of the molecule is C#CCOc1ccc(/C=C2\SC(=Nc3ccccc3)N(Cc3ccco3)C2=O)cc1I. The lowest BCUT2D eigenvalue weighted by molar-refractivity contribution is -0.122. The van der Waals surface area contributed by atoms with E-state index in [4.69, 9.17) is 15.6 Å². The van der Waals surface area contributed by atoms with E-state index in [1.165, 1.54) is 11.8 Å². The summed E-state index contributed by atoms with van der Waals surface area (Å²) >= 11 is 3.54. The lowest BCUT2D eigenvalue weighted by Crippen LogP contribution is -2.28. The van der Waals surface area contributed by atoms with Gasteiger partial charge in [-0.25, -0.2) is 4.99 Å². The third kappa shape index (κ3) is 5.21. The van der Waals surface area contributed by atoms with Gasteiger partial charge in [0.25, 0.3) is 5.91 Å². The van der Waals surface area contributed by atoms with Crippen LogP contribution in [0.5, 0.6) is 5.75 Å². The summed E-state index contributed by atoms with van der Waals surface area (Å²) in [5.74, 6) is 3.76. The molecule has 0 N–H and O–H groups in total. The van der Waals surface area contributed by atoms with E-state index in [9.17, 15) is 4.79 Å². The Bertz CT molecular complexity index is 1180. The predicted molar refractivity (Wildman–Crippen MR) is 132 cm³/mol. The molecule has 1 aliphatic rings. The Kier molecular flexibility index (Phi) is 6.79. The van der Waals surface area contributed by atoms with Gasteiger partial charge in [0.05, 0.1) is 27.0 Å². The number of amides is 1. The molecule has 0 saturated carbocycles. The fourth-order valence-electron chi connectivity index (χ4n) is 2.90. The number of ether oxygens (including phenoxy) is 1. The van der Waals surface area contributed by atoms with Gasteiger partial charge in [0.2, 0.25) is 0 Å². The molecule has 0 radical (unpaired) electrons. The van der Waals surface area contributed by atoms with E-state index in [2.05, 4.69) is 33.5 Å². The Labute approximate surface area is 198 Å². The molecule has 154 valence electrons. The first-order valence-corrected chi connectivity index (χ1v) is 11.3. The number of rotatable bonds is 6. The van der Waals surface area contributed by atoms with Crippen molar-refractivity contribution in [2.45, 2.75) is 6.54 Å². The third-order valence-corrected chi connectivity index (χ3v) is 6.18. The highest BCUT2D eigenvalue weighted by molar-refractivity contribution is 14.1.